The molecule has 0 aromatic rings. The van der Waals surface area contributed by atoms with Crippen molar-refractivity contribution in [2.75, 3.05) is 0 Å². The molecule has 0 aromatic heterocycles. The minimum atomic E-state index is -1.25. The van der Waals surface area contributed by atoms with Gasteiger partial charge in [0.1, 0.15) is 0 Å². The van der Waals surface area contributed by atoms with E-state index in [0.29, 0.717) is 0 Å². The molecule has 4 heteroatoms. The summed E-state index contributed by atoms with van der Waals surface area (Å²) in [7, 11) is 0. The molecule has 0 fully saturated rings. The Morgan fingerprint density at radius 3 is 2.00 bits per heavy atom. The molecular formula is HN2O2. The van der Waals surface area contributed by atoms with Gasteiger partial charge in [-0.25, -0.2) is 10.1 Å². The van der Waals surface area contributed by atoms with E-state index in [-0.39, 0.29) is 0 Å². The maximum Gasteiger partial charge on any atom is 0.183 e. The molecule has 4 heavy (non-hydrogen) atoms. The van der Waals surface area contributed by atoms with E-state index in [1.54, 1.807) is 0 Å². The number of nitro groups is 1. The fourth-order valence-electron chi connectivity index (χ4n) is 0. The van der Waals surface area contributed by atoms with Crippen molar-refractivity contribution in [3.05, 3.63) is 10.1 Å². The highest BCUT2D eigenvalue weighted by Gasteiger charge is 1.62. The van der Waals surface area contributed by atoms with Gasteiger partial charge in [-0.15, -0.1) is 0 Å². The second kappa shape index (κ2) is 0.655. The Balaban J connectivity index is 2.80. The molecule has 1 radical (unpaired) electrons. The summed E-state index contributed by atoms with van der Waals surface area (Å²) in [6, 6.07) is 0. The average molecular weight is 61.0 g/mol. The van der Waals surface area contributed by atoms with Crippen molar-refractivity contribution in [3.8, 4) is 0 Å². The largest absolute Gasteiger partial charge is 0.233 e. The molecule has 0 unspecified atom stereocenters. The lowest BCUT2D eigenvalue weighted by Gasteiger charge is -1.57. The number of hydrogen-bond acceptors (Lipinski definition) is 2. The van der Waals surface area contributed by atoms with Gasteiger partial charge in [-0.2, -0.15) is 0 Å². The third kappa shape index (κ3) is 0.0750. The molecule has 4 nitrogen and oxygen atoms in total. The highest BCUT2D eigenvalue weighted by molar-refractivity contribution is 3.86. The predicted molar refractivity (Wildman–Crippen MR) is 10.1 cm³/mol. The Morgan fingerprint density at radius 1 is 2.00 bits per heavy atom. The van der Waals surface area contributed by atoms with E-state index >= 15 is 0 Å². The number of hydrogen-bond donors (Lipinski definition) is 0. The lowest BCUT2D eigenvalue weighted by Crippen LogP contribution is -1.86. The summed E-state index contributed by atoms with van der Waals surface area (Å²) < 4.78 is 0. The maximum absolute atomic E-state index is 8.47. The summed E-state index contributed by atoms with van der Waals surface area (Å²) in [4.78, 5) is 8.47. The Morgan fingerprint density at radius 2 is 2.00 bits per heavy atom. The first kappa shape index (κ1) is 3.20. The second-order valence-corrected chi connectivity index (χ2v) is 0.257. The van der Waals surface area contributed by atoms with E-state index in [4.69, 9.17) is 16.0 Å². The van der Waals surface area contributed by atoms with Crippen molar-refractivity contribution >= 4 is 0 Å². The molecule has 0 bridgehead atoms. The van der Waals surface area contributed by atoms with Gasteiger partial charge in [0.25, 0.3) is 0 Å². The highest BCUT2D eigenvalue weighted by atomic mass is 16.7. The maximum atomic E-state index is 8.47. The Labute approximate surface area is 22.3 Å². The molecule has 0 aliphatic carbocycles. The molecule has 0 saturated carbocycles. The summed E-state index contributed by atoms with van der Waals surface area (Å²) >= 11 is 0. The van der Waals surface area contributed by atoms with E-state index < -0.39 is 5.03 Å². The van der Waals surface area contributed by atoms with Crippen LogP contribution in [0.2, 0.25) is 0 Å². The number of nitrogens with zero attached hydrogens (tertiary/aromatic N) is 1. The molecule has 1 N–H and O–H groups in total. The first-order valence-electron chi connectivity index (χ1n) is 0.589. The summed E-state index contributed by atoms with van der Waals surface area (Å²) in [5.41, 5.74) is 0. The van der Waals surface area contributed by atoms with Gasteiger partial charge >= 0.3 is 0 Å². The SMILES string of the molecule is [NH][N+](=O)[O-]. The van der Waals surface area contributed by atoms with E-state index in [1.165, 1.54) is 0 Å². The van der Waals surface area contributed by atoms with Crippen molar-refractivity contribution in [3.63, 3.8) is 0 Å². The zero-order valence-corrected chi connectivity index (χ0v) is 1.76. The molecule has 0 spiro atoms. The van der Waals surface area contributed by atoms with Gasteiger partial charge in [0.15, 0.2) is 5.03 Å². The van der Waals surface area contributed by atoms with E-state index in [9.17, 15) is 0 Å². The van der Waals surface area contributed by atoms with Crippen LogP contribution >= 0.6 is 0 Å². The second-order valence-electron chi connectivity index (χ2n) is 0.257. The van der Waals surface area contributed by atoms with Crippen molar-refractivity contribution in [1.29, 1.82) is 0 Å². The summed E-state index contributed by atoms with van der Waals surface area (Å²) in [6.45, 7) is 0. The van der Waals surface area contributed by atoms with E-state index in [0.717, 1.165) is 0 Å². The summed E-state index contributed by atoms with van der Waals surface area (Å²) in [5, 5.41) is 7.22. The van der Waals surface area contributed by atoms with Crippen LogP contribution in [0.5, 0.6) is 0 Å². The van der Waals surface area contributed by atoms with Crippen LogP contribution in [0.1, 0.15) is 0 Å². The molecular weight excluding hydrogens is 60.0 g/mol. The van der Waals surface area contributed by atoms with Gasteiger partial charge in [-0.3, -0.25) is 0 Å². The average Bonchev–Trinajstić information content (AvgIpc) is 0.811. The molecule has 0 amide bonds. The fraction of sp³-hybridized carbons (Fsp3) is 0. The lowest BCUT2D eigenvalue weighted by molar-refractivity contribution is -0.505. The van der Waals surface area contributed by atoms with Crippen LogP contribution < -0.4 is 5.84 Å². The van der Waals surface area contributed by atoms with Crippen LogP contribution in [0.3, 0.4) is 0 Å². The zero-order chi connectivity index (χ0) is 3.58. The Hall–Kier alpha value is -0.800. The molecule has 0 atom stereocenters. The van der Waals surface area contributed by atoms with Crippen LogP contribution in [0.25, 0.3) is 0 Å². The minimum Gasteiger partial charge on any atom is -0.233 e. The Kier molecular flexibility index (Phi) is 0.524. The van der Waals surface area contributed by atoms with E-state index in [2.05, 4.69) is 0 Å². The monoisotopic (exact) mass is 61.0 g/mol. The van der Waals surface area contributed by atoms with Crippen molar-refractivity contribution in [2.24, 2.45) is 0 Å². The predicted octanol–water partition coefficient (Wildman–Crippen LogP) is -0.539. The van der Waals surface area contributed by atoms with Gasteiger partial charge < -0.3 is 0 Å². The van der Waals surface area contributed by atoms with Crippen LogP contribution in [0.4, 0.5) is 0 Å². The molecule has 23 valence electrons. The third-order valence-electron chi connectivity index (χ3n) is 0. The van der Waals surface area contributed by atoms with Crippen LogP contribution in [-0.2, 0) is 0 Å². The normalized spacial score (nSPS) is 6.00. The number of nitrogens with one attached hydrogen (secondary N) is 1. The molecule has 0 aliphatic rings. The summed E-state index contributed by atoms with van der Waals surface area (Å²) in [6.07, 6.45) is 0. The van der Waals surface area contributed by atoms with Gasteiger partial charge in [0, 0.05) is 5.84 Å². The molecule has 0 heterocycles. The van der Waals surface area contributed by atoms with Crippen molar-refractivity contribution in [1.82, 2.24) is 5.84 Å². The quantitative estimate of drug-likeness (QED) is 0.279. The topological polar surface area (TPSA) is 66.9 Å². The first-order valence-corrected chi connectivity index (χ1v) is 0.589. The fourth-order valence-corrected chi connectivity index (χ4v) is 0. The Bertz CT molecular complexity index is 27.0. The van der Waals surface area contributed by atoms with Crippen molar-refractivity contribution in [2.45, 2.75) is 0 Å². The van der Waals surface area contributed by atoms with Gasteiger partial charge in [-0.1, -0.05) is 0 Å². The van der Waals surface area contributed by atoms with Crippen molar-refractivity contribution < 1.29 is 5.03 Å². The highest BCUT2D eigenvalue weighted by Crippen LogP contribution is 1.35. The smallest absolute Gasteiger partial charge is 0.183 e. The van der Waals surface area contributed by atoms with Gasteiger partial charge in [0.05, 0.1) is 0 Å². The number of rotatable bonds is 0. The van der Waals surface area contributed by atoms with Crippen LogP contribution in [0, 0.1) is 10.1 Å². The molecule has 0 saturated heterocycles. The third-order valence-corrected chi connectivity index (χ3v) is 0. The summed E-state index contributed by atoms with van der Waals surface area (Å²) in [5.74, 6) is 5.31. The van der Waals surface area contributed by atoms with Crippen LogP contribution in [0.15, 0.2) is 0 Å². The molecule has 0 aliphatic heterocycles. The molecule has 0 aromatic carbocycles. The van der Waals surface area contributed by atoms with Gasteiger partial charge in [-0.05, 0) is 0 Å². The standard InChI is InChI=1S/HN2O2/c1-2(3)4/h1H. The van der Waals surface area contributed by atoms with E-state index in [1.807, 2.05) is 0 Å². The van der Waals surface area contributed by atoms with Gasteiger partial charge in [0.2, 0.25) is 0 Å². The lowest BCUT2D eigenvalue weighted by atomic mass is 12.8. The first-order chi connectivity index (χ1) is 1.73. The molecule has 0 rings (SSSR count). The van der Waals surface area contributed by atoms with Crippen LogP contribution in [-0.4, -0.2) is 5.03 Å². The minimum absolute atomic E-state index is 1.25. The zero-order valence-electron chi connectivity index (χ0n) is 1.76.